The molecular formula is C24H27NO5. The van der Waals surface area contributed by atoms with Gasteiger partial charge in [0.2, 0.25) is 0 Å². The lowest BCUT2D eigenvalue weighted by Crippen LogP contribution is -2.40. The molecule has 0 aromatic heterocycles. The first-order valence-electron chi connectivity index (χ1n) is 10.5. The fraction of sp³-hybridized carbons (Fsp3) is 0.417. The second-order valence-corrected chi connectivity index (χ2v) is 8.02. The lowest BCUT2D eigenvalue weighted by molar-refractivity contribution is -0.118. The predicted molar refractivity (Wildman–Crippen MR) is 113 cm³/mol. The number of hydrogen-bond acceptors (Lipinski definition) is 5. The highest BCUT2D eigenvalue weighted by Gasteiger charge is 2.42. The highest BCUT2D eigenvalue weighted by Crippen LogP contribution is 2.46. The summed E-state index contributed by atoms with van der Waals surface area (Å²) < 4.78 is 17.7. The maximum absolute atomic E-state index is 12.3. The maximum Gasteiger partial charge on any atom is 0.262 e. The second kappa shape index (κ2) is 8.78. The molecule has 0 radical (unpaired) electrons. The molecule has 1 spiro atoms. The molecule has 1 saturated carbocycles. The van der Waals surface area contributed by atoms with Crippen LogP contribution in [0.2, 0.25) is 0 Å². The van der Waals surface area contributed by atoms with Crippen molar-refractivity contribution in [1.82, 2.24) is 0 Å². The van der Waals surface area contributed by atoms with Gasteiger partial charge in [0, 0.05) is 31.0 Å². The Morgan fingerprint density at radius 3 is 2.47 bits per heavy atom. The topological polar surface area (TPSA) is 73.9 Å². The Labute approximate surface area is 176 Å². The molecule has 1 N–H and O–H groups in total. The molecule has 4 rings (SSSR count). The molecule has 2 aliphatic rings. The van der Waals surface area contributed by atoms with Crippen molar-refractivity contribution in [2.75, 3.05) is 11.9 Å². The van der Waals surface area contributed by atoms with Gasteiger partial charge in [-0.25, -0.2) is 0 Å². The number of hydrogen-bond donors (Lipinski definition) is 1. The van der Waals surface area contributed by atoms with E-state index in [2.05, 4.69) is 5.32 Å². The number of ether oxygens (including phenoxy) is 3. The molecule has 0 atom stereocenters. The van der Waals surface area contributed by atoms with Crippen LogP contribution >= 0.6 is 0 Å². The Morgan fingerprint density at radius 2 is 1.73 bits per heavy atom. The summed E-state index contributed by atoms with van der Waals surface area (Å²) in [4.78, 5) is 23.3. The van der Waals surface area contributed by atoms with Gasteiger partial charge in [-0.2, -0.15) is 0 Å². The van der Waals surface area contributed by atoms with E-state index in [9.17, 15) is 9.59 Å². The van der Waals surface area contributed by atoms with Crippen molar-refractivity contribution in [3.8, 4) is 17.2 Å². The van der Waals surface area contributed by atoms with E-state index in [1.165, 1.54) is 6.42 Å². The number of rotatable bonds is 7. The monoisotopic (exact) mass is 409 g/mol. The summed E-state index contributed by atoms with van der Waals surface area (Å²) in [5.74, 6) is 1.42. The van der Waals surface area contributed by atoms with Crippen molar-refractivity contribution >= 4 is 17.4 Å². The van der Waals surface area contributed by atoms with Crippen LogP contribution in [0.5, 0.6) is 17.2 Å². The summed E-state index contributed by atoms with van der Waals surface area (Å²) >= 11 is 0. The molecule has 1 aliphatic heterocycles. The molecule has 6 heteroatoms. The number of ketones is 1. The molecule has 0 saturated heterocycles. The molecule has 6 nitrogen and oxygen atoms in total. The normalized spacial score (nSPS) is 16.3. The molecule has 0 unspecified atom stereocenters. The molecule has 0 bridgehead atoms. The molecule has 1 heterocycles. The van der Waals surface area contributed by atoms with Crippen molar-refractivity contribution in [3.05, 3.63) is 48.0 Å². The average Bonchev–Trinajstić information content (AvgIpc) is 3.08. The Hall–Kier alpha value is -3.02. The zero-order valence-corrected chi connectivity index (χ0v) is 17.2. The van der Waals surface area contributed by atoms with E-state index >= 15 is 0 Å². The third-order valence-corrected chi connectivity index (χ3v) is 5.49. The number of Topliss-reactive ketones (excluding diaryl/α,β-unsaturated/α-hetero) is 1. The fourth-order valence-corrected chi connectivity index (χ4v) is 3.88. The van der Waals surface area contributed by atoms with E-state index in [1.807, 2.05) is 36.4 Å². The summed E-state index contributed by atoms with van der Waals surface area (Å²) in [5.41, 5.74) is 1.72. The third kappa shape index (κ3) is 4.93. The lowest BCUT2D eigenvalue weighted by Gasteiger charge is -2.31. The summed E-state index contributed by atoms with van der Waals surface area (Å²) in [6, 6.07) is 12.9. The number of nitrogens with one attached hydrogen (secondary N) is 1. The average molecular weight is 409 g/mol. The quantitative estimate of drug-likeness (QED) is 0.720. The molecule has 2 aromatic rings. The largest absolute Gasteiger partial charge is 0.484 e. The second-order valence-electron chi connectivity index (χ2n) is 8.02. The van der Waals surface area contributed by atoms with Gasteiger partial charge in [-0.05, 0) is 56.0 Å². The van der Waals surface area contributed by atoms with Gasteiger partial charge in [0.15, 0.2) is 18.1 Å². The number of carbonyl (C=O) groups excluding carboxylic acids is 2. The van der Waals surface area contributed by atoms with Gasteiger partial charge in [0.05, 0.1) is 0 Å². The predicted octanol–water partition coefficient (Wildman–Crippen LogP) is 4.66. The molecule has 1 aliphatic carbocycles. The van der Waals surface area contributed by atoms with Gasteiger partial charge < -0.3 is 24.3 Å². The van der Waals surface area contributed by atoms with E-state index in [1.54, 1.807) is 13.0 Å². The highest BCUT2D eigenvalue weighted by molar-refractivity contribution is 5.92. The first-order valence-corrected chi connectivity index (χ1v) is 10.5. The van der Waals surface area contributed by atoms with Crippen LogP contribution in [0.3, 0.4) is 0 Å². The Balaban J connectivity index is 1.28. The fourth-order valence-electron chi connectivity index (χ4n) is 3.88. The van der Waals surface area contributed by atoms with Gasteiger partial charge in [-0.15, -0.1) is 0 Å². The van der Waals surface area contributed by atoms with Crippen molar-refractivity contribution in [2.45, 2.75) is 57.7 Å². The Kier molecular flexibility index (Phi) is 5.93. The van der Waals surface area contributed by atoms with E-state index in [0.29, 0.717) is 30.0 Å². The zero-order chi connectivity index (χ0) is 21.0. The van der Waals surface area contributed by atoms with Gasteiger partial charge in [0.25, 0.3) is 11.7 Å². The van der Waals surface area contributed by atoms with Crippen LogP contribution in [-0.4, -0.2) is 24.1 Å². The van der Waals surface area contributed by atoms with Gasteiger partial charge >= 0.3 is 0 Å². The molecule has 158 valence electrons. The van der Waals surface area contributed by atoms with Crippen molar-refractivity contribution < 1.29 is 23.8 Å². The minimum atomic E-state index is -0.525. The molecule has 1 amide bonds. The maximum atomic E-state index is 12.3. The number of benzene rings is 2. The lowest BCUT2D eigenvalue weighted by atomic mass is 9.94. The van der Waals surface area contributed by atoms with Crippen LogP contribution in [0.15, 0.2) is 42.5 Å². The molecular weight excluding hydrogens is 382 g/mol. The minimum absolute atomic E-state index is 0.0921. The van der Waals surface area contributed by atoms with Gasteiger partial charge in [0.1, 0.15) is 11.5 Å². The SMILES string of the molecule is CC(=O)CCc1ccc(OCC(=O)Nc2ccc3c(c2)OC2(CCCCC2)O3)cc1. The number of aryl methyl sites for hydroxylation is 1. The van der Waals surface area contributed by atoms with Crippen LogP contribution in [-0.2, 0) is 16.0 Å². The highest BCUT2D eigenvalue weighted by atomic mass is 16.7. The van der Waals surface area contributed by atoms with E-state index < -0.39 is 5.79 Å². The van der Waals surface area contributed by atoms with E-state index in [0.717, 1.165) is 37.0 Å². The Morgan fingerprint density at radius 1 is 1.00 bits per heavy atom. The van der Waals surface area contributed by atoms with Crippen molar-refractivity contribution in [1.29, 1.82) is 0 Å². The minimum Gasteiger partial charge on any atom is -0.484 e. The van der Waals surface area contributed by atoms with Gasteiger partial charge in [-0.1, -0.05) is 18.6 Å². The molecule has 30 heavy (non-hydrogen) atoms. The van der Waals surface area contributed by atoms with Crippen LogP contribution in [0, 0.1) is 0 Å². The summed E-state index contributed by atoms with van der Waals surface area (Å²) in [5, 5.41) is 2.84. The number of carbonyl (C=O) groups is 2. The van der Waals surface area contributed by atoms with Crippen LogP contribution in [0.25, 0.3) is 0 Å². The summed E-state index contributed by atoms with van der Waals surface area (Å²) in [6.07, 6.45) is 6.45. The van der Waals surface area contributed by atoms with E-state index in [4.69, 9.17) is 14.2 Å². The number of amides is 1. The van der Waals surface area contributed by atoms with Gasteiger partial charge in [-0.3, -0.25) is 4.79 Å². The van der Waals surface area contributed by atoms with Crippen LogP contribution < -0.4 is 19.5 Å². The molecule has 1 fully saturated rings. The van der Waals surface area contributed by atoms with E-state index in [-0.39, 0.29) is 18.3 Å². The summed E-state index contributed by atoms with van der Waals surface area (Å²) in [6.45, 7) is 1.50. The van der Waals surface area contributed by atoms with Crippen molar-refractivity contribution in [2.24, 2.45) is 0 Å². The summed E-state index contributed by atoms with van der Waals surface area (Å²) in [7, 11) is 0. The zero-order valence-electron chi connectivity index (χ0n) is 17.2. The first kappa shape index (κ1) is 20.3. The Bertz CT molecular complexity index is 916. The smallest absolute Gasteiger partial charge is 0.262 e. The standard InChI is InChI=1S/C24H27NO5/c1-17(26)5-6-18-7-10-20(11-8-18)28-16-23(27)25-19-9-12-21-22(15-19)30-24(29-21)13-3-2-4-14-24/h7-12,15H,2-6,13-14,16H2,1H3,(H,25,27). The number of fused-ring (bicyclic) bond motifs is 1. The number of anilines is 1. The third-order valence-electron chi connectivity index (χ3n) is 5.49. The molecule has 2 aromatic carbocycles. The first-order chi connectivity index (χ1) is 14.5. The van der Waals surface area contributed by atoms with Crippen LogP contribution in [0.1, 0.15) is 51.0 Å². The van der Waals surface area contributed by atoms with Crippen molar-refractivity contribution in [3.63, 3.8) is 0 Å². The van der Waals surface area contributed by atoms with Crippen LogP contribution in [0.4, 0.5) is 5.69 Å².